The first kappa shape index (κ1) is 8.59. The minimum absolute atomic E-state index is 0.524. The largest absolute Gasteiger partial charge is 0.442 e. The monoisotopic (exact) mass is 164 g/mol. The lowest BCUT2D eigenvalue weighted by atomic mass is 10.1. The van der Waals surface area contributed by atoms with Crippen molar-refractivity contribution < 1.29 is 9.53 Å². The van der Waals surface area contributed by atoms with Crippen LogP contribution < -0.4 is 5.73 Å². The van der Waals surface area contributed by atoms with E-state index < -0.39 is 12.2 Å². The van der Waals surface area contributed by atoms with Gasteiger partial charge in [0.15, 0.2) is 0 Å². The summed E-state index contributed by atoms with van der Waals surface area (Å²) in [6.07, 6.45) is -1.33. The summed E-state index contributed by atoms with van der Waals surface area (Å²) in [7, 11) is 0. The number of amides is 1. The molecule has 1 radical (unpaired) electrons. The van der Waals surface area contributed by atoms with Crippen LogP contribution in [0.5, 0.6) is 0 Å². The molecule has 0 aliphatic rings. The van der Waals surface area contributed by atoms with E-state index in [2.05, 4.69) is 11.7 Å². The Morgan fingerprint density at radius 3 is 2.50 bits per heavy atom. The Hall–Kier alpha value is -1.51. The highest BCUT2D eigenvalue weighted by atomic mass is 16.6. The molecule has 0 fully saturated rings. The fourth-order valence-corrected chi connectivity index (χ4v) is 0.876. The molecule has 0 saturated heterocycles. The second-order valence-corrected chi connectivity index (χ2v) is 2.34. The van der Waals surface area contributed by atoms with Crippen molar-refractivity contribution in [3.63, 3.8) is 0 Å². The van der Waals surface area contributed by atoms with Gasteiger partial charge in [-0.2, -0.15) is 0 Å². The summed E-state index contributed by atoms with van der Waals surface area (Å²) in [5.41, 5.74) is 5.66. The van der Waals surface area contributed by atoms with Crippen LogP contribution in [0.3, 0.4) is 0 Å². The van der Waals surface area contributed by atoms with E-state index in [0.29, 0.717) is 0 Å². The van der Waals surface area contributed by atoms with E-state index in [4.69, 9.17) is 5.73 Å². The molecular formula is C9H10NO2. The lowest BCUT2D eigenvalue weighted by Crippen LogP contribution is -2.15. The summed E-state index contributed by atoms with van der Waals surface area (Å²) in [5, 5.41) is 0. The molecule has 63 valence electrons. The molecule has 12 heavy (non-hydrogen) atoms. The number of nitrogens with two attached hydrogens (primary N) is 1. The Labute approximate surface area is 71.1 Å². The van der Waals surface area contributed by atoms with Gasteiger partial charge in [-0.25, -0.2) is 4.79 Å². The van der Waals surface area contributed by atoms with Gasteiger partial charge in [0, 0.05) is 0 Å². The topological polar surface area (TPSA) is 52.3 Å². The van der Waals surface area contributed by atoms with Gasteiger partial charge in [0.25, 0.3) is 0 Å². The summed E-state index contributed by atoms with van der Waals surface area (Å²) in [6, 6.07) is 9.21. The van der Waals surface area contributed by atoms with Gasteiger partial charge in [-0.3, -0.25) is 0 Å². The van der Waals surface area contributed by atoms with Crippen LogP contribution in [0.4, 0.5) is 4.79 Å². The molecule has 0 bridgehead atoms. The maximum atomic E-state index is 10.3. The van der Waals surface area contributed by atoms with Crippen molar-refractivity contribution in [3.05, 3.63) is 42.8 Å². The van der Waals surface area contributed by atoms with Gasteiger partial charge < -0.3 is 10.5 Å². The quantitative estimate of drug-likeness (QED) is 0.722. The van der Waals surface area contributed by atoms with Crippen LogP contribution in [-0.4, -0.2) is 6.09 Å². The van der Waals surface area contributed by atoms with Crippen molar-refractivity contribution in [2.75, 3.05) is 0 Å². The SMILES string of the molecule is [CH2]C(OC(N)=O)c1ccccc1. The number of primary amides is 1. The minimum atomic E-state index is -0.807. The van der Waals surface area contributed by atoms with Gasteiger partial charge in [-0.1, -0.05) is 30.3 Å². The third-order valence-electron chi connectivity index (χ3n) is 1.43. The highest BCUT2D eigenvalue weighted by molar-refractivity contribution is 5.65. The first-order valence-electron chi connectivity index (χ1n) is 3.54. The van der Waals surface area contributed by atoms with E-state index in [1.807, 2.05) is 30.3 Å². The number of carbonyl (C=O) groups is 1. The maximum Gasteiger partial charge on any atom is 0.405 e. The van der Waals surface area contributed by atoms with Crippen LogP contribution in [0.1, 0.15) is 11.7 Å². The predicted octanol–water partition coefficient (Wildman–Crippen LogP) is 1.66. The van der Waals surface area contributed by atoms with E-state index >= 15 is 0 Å². The lowest BCUT2D eigenvalue weighted by Gasteiger charge is -2.10. The van der Waals surface area contributed by atoms with Gasteiger partial charge in [-0.05, 0) is 12.5 Å². The number of carbonyl (C=O) groups excluding carboxylic acids is 1. The van der Waals surface area contributed by atoms with Gasteiger partial charge in [0.2, 0.25) is 0 Å². The Kier molecular flexibility index (Phi) is 2.69. The fraction of sp³-hybridized carbons (Fsp3) is 0.111. The molecule has 2 N–H and O–H groups in total. The zero-order valence-corrected chi connectivity index (χ0v) is 6.57. The van der Waals surface area contributed by atoms with E-state index in [9.17, 15) is 4.79 Å². The second kappa shape index (κ2) is 3.76. The first-order valence-corrected chi connectivity index (χ1v) is 3.54. The zero-order valence-electron chi connectivity index (χ0n) is 6.57. The molecule has 1 atom stereocenters. The van der Waals surface area contributed by atoms with Crippen LogP contribution in [-0.2, 0) is 4.74 Å². The number of rotatable bonds is 2. The molecule has 0 aliphatic carbocycles. The van der Waals surface area contributed by atoms with Crippen LogP contribution in [0, 0.1) is 6.92 Å². The first-order chi connectivity index (χ1) is 5.70. The third kappa shape index (κ3) is 2.27. The smallest absolute Gasteiger partial charge is 0.405 e. The van der Waals surface area contributed by atoms with Gasteiger partial charge in [0.1, 0.15) is 6.10 Å². The Bertz CT molecular complexity index is 258. The molecule has 1 unspecified atom stereocenters. The molecule has 0 heterocycles. The van der Waals surface area contributed by atoms with Crippen LogP contribution in [0.25, 0.3) is 0 Å². The normalized spacial score (nSPS) is 12.1. The Morgan fingerprint density at radius 2 is 2.00 bits per heavy atom. The van der Waals surface area contributed by atoms with Crippen molar-refractivity contribution in [1.82, 2.24) is 0 Å². The number of benzene rings is 1. The molecule has 1 amide bonds. The van der Waals surface area contributed by atoms with E-state index in [0.717, 1.165) is 5.56 Å². The van der Waals surface area contributed by atoms with Crippen molar-refractivity contribution in [2.45, 2.75) is 6.10 Å². The molecule has 0 aromatic heterocycles. The molecule has 0 aliphatic heterocycles. The molecular weight excluding hydrogens is 154 g/mol. The highest BCUT2D eigenvalue weighted by Gasteiger charge is 2.07. The Balaban J connectivity index is 2.65. The number of ether oxygens (including phenoxy) is 1. The van der Waals surface area contributed by atoms with Crippen molar-refractivity contribution in [3.8, 4) is 0 Å². The predicted molar refractivity (Wildman–Crippen MR) is 45.2 cm³/mol. The van der Waals surface area contributed by atoms with Crippen molar-refractivity contribution >= 4 is 6.09 Å². The summed E-state index contributed by atoms with van der Waals surface area (Å²) in [4.78, 5) is 10.3. The van der Waals surface area contributed by atoms with E-state index in [1.165, 1.54) is 0 Å². The van der Waals surface area contributed by atoms with Crippen LogP contribution in [0.15, 0.2) is 30.3 Å². The minimum Gasteiger partial charge on any atom is -0.442 e. The molecule has 0 spiro atoms. The average Bonchev–Trinajstić information content (AvgIpc) is 2.05. The molecule has 1 aromatic rings. The highest BCUT2D eigenvalue weighted by Crippen LogP contribution is 2.14. The molecule has 0 saturated carbocycles. The Morgan fingerprint density at radius 1 is 1.42 bits per heavy atom. The summed E-state index contributed by atoms with van der Waals surface area (Å²) >= 11 is 0. The van der Waals surface area contributed by atoms with Crippen molar-refractivity contribution in [2.24, 2.45) is 5.73 Å². The molecule has 1 rings (SSSR count). The molecule has 1 aromatic carbocycles. The lowest BCUT2D eigenvalue weighted by molar-refractivity contribution is 0.128. The van der Waals surface area contributed by atoms with Gasteiger partial charge in [0.05, 0.1) is 0 Å². The fourth-order valence-electron chi connectivity index (χ4n) is 0.876. The number of hydrogen-bond donors (Lipinski definition) is 1. The van der Waals surface area contributed by atoms with Gasteiger partial charge in [-0.15, -0.1) is 0 Å². The standard InChI is InChI=1S/C9H10NO2/c1-7(12-9(10)11)8-5-3-2-4-6-8/h2-7H,1H2,(H2,10,11). The summed E-state index contributed by atoms with van der Waals surface area (Å²) in [5.74, 6) is 0. The van der Waals surface area contributed by atoms with Gasteiger partial charge >= 0.3 is 6.09 Å². The zero-order chi connectivity index (χ0) is 8.97. The molecule has 3 heteroatoms. The average molecular weight is 164 g/mol. The van der Waals surface area contributed by atoms with E-state index in [1.54, 1.807) is 0 Å². The van der Waals surface area contributed by atoms with Crippen LogP contribution in [0.2, 0.25) is 0 Å². The summed E-state index contributed by atoms with van der Waals surface area (Å²) in [6.45, 7) is 3.63. The summed E-state index contributed by atoms with van der Waals surface area (Å²) < 4.78 is 4.66. The molecule has 3 nitrogen and oxygen atoms in total. The maximum absolute atomic E-state index is 10.3. The van der Waals surface area contributed by atoms with Crippen molar-refractivity contribution in [1.29, 1.82) is 0 Å². The van der Waals surface area contributed by atoms with E-state index in [-0.39, 0.29) is 0 Å². The third-order valence-corrected chi connectivity index (χ3v) is 1.43. The van der Waals surface area contributed by atoms with Crippen LogP contribution >= 0.6 is 0 Å². The number of hydrogen-bond acceptors (Lipinski definition) is 2. The second-order valence-electron chi connectivity index (χ2n) is 2.34.